The topological polar surface area (TPSA) is 88.5 Å². The van der Waals surface area contributed by atoms with E-state index in [4.69, 9.17) is 19.3 Å². The zero-order chi connectivity index (χ0) is 18.8. The number of hydrogen-bond donors (Lipinski definition) is 1. The summed E-state index contributed by atoms with van der Waals surface area (Å²) < 4.78 is 16.5. The second-order valence-electron chi connectivity index (χ2n) is 6.14. The lowest BCUT2D eigenvalue weighted by atomic mass is 10.2. The van der Waals surface area contributed by atoms with Gasteiger partial charge in [-0.1, -0.05) is 18.2 Å². The fourth-order valence-electron chi connectivity index (χ4n) is 2.69. The Labute approximate surface area is 153 Å². The number of benzene rings is 1. The number of hydrogen-bond acceptors (Lipinski definition) is 6. The Morgan fingerprint density at radius 1 is 1.31 bits per heavy atom. The number of carbonyl (C=O) groups excluding carboxylic acids is 1. The number of morpholine rings is 1. The van der Waals surface area contributed by atoms with Crippen molar-refractivity contribution in [3.8, 4) is 5.75 Å². The van der Waals surface area contributed by atoms with Crippen molar-refractivity contribution in [1.82, 2.24) is 9.80 Å². The summed E-state index contributed by atoms with van der Waals surface area (Å²) in [5.74, 6) is -0.217. The molecule has 2 rings (SSSR count). The van der Waals surface area contributed by atoms with Gasteiger partial charge in [-0.2, -0.15) is 0 Å². The molecule has 1 aliphatic heterocycles. The molecule has 0 aromatic heterocycles. The summed E-state index contributed by atoms with van der Waals surface area (Å²) >= 11 is 0. The zero-order valence-electron chi connectivity index (χ0n) is 15.0. The molecular formula is C18H26N2O6. The van der Waals surface area contributed by atoms with Crippen LogP contribution in [0.5, 0.6) is 5.75 Å². The van der Waals surface area contributed by atoms with E-state index in [1.807, 2.05) is 30.3 Å². The van der Waals surface area contributed by atoms with Gasteiger partial charge < -0.3 is 24.2 Å². The lowest BCUT2D eigenvalue weighted by molar-refractivity contribution is -0.145. The molecule has 1 aliphatic rings. The third-order valence-corrected chi connectivity index (χ3v) is 3.88. The van der Waals surface area contributed by atoms with Gasteiger partial charge >= 0.3 is 5.97 Å². The first-order chi connectivity index (χ1) is 12.5. The lowest BCUT2D eigenvalue weighted by Gasteiger charge is -2.34. The van der Waals surface area contributed by atoms with E-state index in [2.05, 4.69) is 0 Å². The maximum atomic E-state index is 12.2. The molecule has 0 radical (unpaired) electrons. The predicted octanol–water partition coefficient (Wildman–Crippen LogP) is 0.326. The van der Waals surface area contributed by atoms with Crippen LogP contribution in [0.3, 0.4) is 0 Å². The van der Waals surface area contributed by atoms with Gasteiger partial charge in [0.2, 0.25) is 5.91 Å². The molecule has 0 bridgehead atoms. The number of rotatable bonds is 10. The lowest BCUT2D eigenvalue weighted by Crippen LogP contribution is -2.50. The second-order valence-corrected chi connectivity index (χ2v) is 6.14. The number of carbonyl (C=O) groups is 2. The normalized spacial score (nSPS) is 17.3. The maximum absolute atomic E-state index is 12.2. The molecule has 1 amide bonds. The number of nitrogens with zero attached hydrogens (tertiary/aromatic N) is 2. The van der Waals surface area contributed by atoms with Crippen molar-refractivity contribution in [3.05, 3.63) is 30.3 Å². The number of carboxylic acid groups (broad SMARTS) is 1. The summed E-state index contributed by atoms with van der Waals surface area (Å²) in [5, 5.41) is 8.79. The molecule has 1 unspecified atom stereocenters. The molecule has 1 fully saturated rings. The molecule has 0 aliphatic carbocycles. The Morgan fingerprint density at radius 2 is 2.08 bits per heavy atom. The van der Waals surface area contributed by atoms with Crippen molar-refractivity contribution >= 4 is 11.9 Å². The maximum Gasteiger partial charge on any atom is 0.317 e. The summed E-state index contributed by atoms with van der Waals surface area (Å²) in [6.07, 6.45) is -0.196. The largest absolute Gasteiger partial charge is 0.491 e. The van der Waals surface area contributed by atoms with Crippen LogP contribution in [0.15, 0.2) is 30.3 Å². The molecule has 1 atom stereocenters. The summed E-state index contributed by atoms with van der Waals surface area (Å²) in [4.78, 5) is 26.3. The Kier molecular flexibility index (Phi) is 8.33. The Hall–Kier alpha value is -2.16. The number of aliphatic carboxylic acids is 1. The molecule has 1 saturated heterocycles. The molecule has 0 spiro atoms. The van der Waals surface area contributed by atoms with E-state index in [9.17, 15) is 9.59 Å². The van der Waals surface area contributed by atoms with Gasteiger partial charge in [0, 0.05) is 19.6 Å². The monoisotopic (exact) mass is 366 g/mol. The van der Waals surface area contributed by atoms with Gasteiger partial charge in [0.15, 0.2) is 0 Å². The van der Waals surface area contributed by atoms with E-state index in [1.165, 1.54) is 0 Å². The van der Waals surface area contributed by atoms with Crippen molar-refractivity contribution in [2.24, 2.45) is 0 Å². The van der Waals surface area contributed by atoms with Crippen molar-refractivity contribution in [2.45, 2.75) is 6.10 Å². The van der Waals surface area contributed by atoms with Gasteiger partial charge in [-0.15, -0.1) is 0 Å². The standard InChI is InChI=1S/C18H26N2O6/c1-19(13-18(22)23)11-16-12-20(7-8-25-16)17(21)14-24-9-10-26-15-5-3-2-4-6-15/h2-6,16H,7-14H2,1H3,(H,22,23). The third kappa shape index (κ3) is 7.38. The fraction of sp³-hybridized carbons (Fsp3) is 0.556. The minimum absolute atomic E-state index is 0.00413. The minimum atomic E-state index is -0.887. The first kappa shape index (κ1) is 20.2. The fourth-order valence-corrected chi connectivity index (χ4v) is 2.69. The molecule has 1 N–H and O–H groups in total. The molecule has 8 heteroatoms. The SMILES string of the molecule is CN(CC(=O)O)CC1CN(C(=O)COCCOc2ccccc2)CCO1. The van der Waals surface area contributed by atoms with Crippen LogP contribution in [0, 0.1) is 0 Å². The molecule has 26 heavy (non-hydrogen) atoms. The van der Waals surface area contributed by atoms with Crippen molar-refractivity contribution in [1.29, 1.82) is 0 Å². The highest BCUT2D eigenvalue weighted by Gasteiger charge is 2.25. The average Bonchev–Trinajstić information content (AvgIpc) is 2.61. The molecule has 8 nitrogen and oxygen atoms in total. The number of para-hydroxylation sites is 1. The highest BCUT2D eigenvalue weighted by molar-refractivity contribution is 5.77. The Morgan fingerprint density at radius 3 is 2.81 bits per heavy atom. The molecular weight excluding hydrogens is 340 g/mol. The average molecular weight is 366 g/mol. The zero-order valence-corrected chi connectivity index (χ0v) is 15.0. The number of likely N-dealkylation sites (N-methyl/N-ethyl adjacent to an activating group) is 1. The Bertz CT molecular complexity index is 568. The van der Waals surface area contributed by atoms with E-state index < -0.39 is 5.97 Å². The van der Waals surface area contributed by atoms with Gasteiger partial charge in [0.1, 0.15) is 19.0 Å². The van der Waals surface area contributed by atoms with Crippen LogP contribution in [0.4, 0.5) is 0 Å². The third-order valence-electron chi connectivity index (χ3n) is 3.88. The van der Waals surface area contributed by atoms with Gasteiger partial charge in [-0.05, 0) is 19.2 Å². The van der Waals surface area contributed by atoms with Gasteiger partial charge in [-0.3, -0.25) is 14.5 Å². The molecule has 1 aromatic rings. The van der Waals surface area contributed by atoms with Gasteiger partial charge in [-0.25, -0.2) is 0 Å². The Balaban J connectivity index is 1.62. The summed E-state index contributed by atoms with van der Waals surface area (Å²) in [6.45, 7) is 2.50. The molecule has 144 valence electrons. The quantitative estimate of drug-likeness (QED) is 0.597. The van der Waals surface area contributed by atoms with E-state index in [0.717, 1.165) is 5.75 Å². The van der Waals surface area contributed by atoms with Gasteiger partial charge in [0.05, 0.1) is 25.9 Å². The number of carboxylic acids is 1. The number of ether oxygens (including phenoxy) is 3. The first-order valence-corrected chi connectivity index (χ1v) is 8.60. The molecule has 1 heterocycles. The minimum Gasteiger partial charge on any atom is -0.491 e. The highest BCUT2D eigenvalue weighted by atomic mass is 16.5. The van der Waals surface area contributed by atoms with Crippen molar-refractivity contribution in [2.75, 3.05) is 59.7 Å². The van der Waals surface area contributed by atoms with Crippen LogP contribution in [0.1, 0.15) is 0 Å². The van der Waals surface area contributed by atoms with E-state index in [-0.39, 0.29) is 25.2 Å². The highest BCUT2D eigenvalue weighted by Crippen LogP contribution is 2.09. The van der Waals surface area contributed by atoms with E-state index in [0.29, 0.717) is 39.5 Å². The second kappa shape index (κ2) is 10.7. The van der Waals surface area contributed by atoms with Crippen LogP contribution in [-0.4, -0.2) is 92.5 Å². The predicted molar refractivity (Wildman–Crippen MR) is 94.2 cm³/mol. The van der Waals surface area contributed by atoms with Crippen molar-refractivity contribution in [3.63, 3.8) is 0 Å². The summed E-state index contributed by atoms with van der Waals surface area (Å²) in [6, 6.07) is 9.42. The van der Waals surface area contributed by atoms with Crippen LogP contribution >= 0.6 is 0 Å². The van der Waals surface area contributed by atoms with Crippen LogP contribution in [0.25, 0.3) is 0 Å². The van der Waals surface area contributed by atoms with Crippen LogP contribution in [0.2, 0.25) is 0 Å². The number of amides is 1. The van der Waals surface area contributed by atoms with Crippen LogP contribution < -0.4 is 4.74 Å². The van der Waals surface area contributed by atoms with E-state index in [1.54, 1.807) is 16.8 Å². The molecule has 0 saturated carbocycles. The van der Waals surface area contributed by atoms with Crippen molar-refractivity contribution < 1.29 is 28.9 Å². The van der Waals surface area contributed by atoms with Crippen LogP contribution in [-0.2, 0) is 19.1 Å². The first-order valence-electron chi connectivity index (χ1n) is 8.60. The van der Waals surface area contributed by atoms with E-state index >= 15 is 0 Å². The molecule has 1 aromatic carbocycles. The van der Waals surface area contributed by atoms with Gasteiger partial charge in [0.25, 0.3) is 0 Å². The summed E-state index contributed by atoms with van der Waals surface area (Å²) in [7, 11) is 1.72. The smallest absolute Gasteiger partial charge is 0.317 e. The summed E-state index contributed by atoms with van der Waals surface area (Å²) in [5.41, 5.74) is 0.